The molecular formula is C18H27NO4. The molecule has 0 aliphatic carbocycles. The quantitative estimate of drug-likeness (QED) is 0.452. The maximum Gasteiger partial charge on any atom is 0.356 e. The van der Waals surface area contributed by atoms with E-state index in [1.165, 1.54) is 44.2 Å². The second-order valence-electron chi connectivity index (χ2n) is 5.39. The van der Waals surface area contributed by atoms with Crippen molar-refractivity contribution in [1.82, 2.24) is 4.98 Å². The summed E-state index contributed by atoms with van der Waals surface area (Å²) < 4.78 is 10.1. The predicted octanol–water partition coefficient (Wildman–Crippen LogP) is 4.17. The molecule has 128 valence electrons. The van der Waals surface area contributed by atoms with Crippen LogP contribution in [0.5, 0.6) is 0 Å². The number of rotatable bonds is 11. The molecule has 0 saturated heterocycles. The fourth-order valence-electron chi connectivity index (χ4n) is 2.17. The molecule has 0 unspecified atom stereocenters. The lowest BCUT2D eigenvalue weighted by Crippen LogP contribution is -2.13. The van der Waals surface area contributed by atoms with Gasteiger partial charge in [0.25, 0.3) is 0 Å². The molecule has 1 heterocycles. The summed E-state index contributed by atoms with van der Waals surface area (Å²) in [6.45, 7) is 4.58. The molecule has 1 aromatic heterocycles. The Labute approximate surface area is 138 Å². The van der Waals surface area contributed by atoms with Crippen LogP contribution in [0.1, 0.15) is 79.8 Å². The molecule has 0 aliphatic heterocycles. The van der Waals surface area contributed by atoms with Gasteiger partial charge in [0.1, 0.15) is 11.4 Å². The summed E-state index contributed by atoms with van der Waals surface area (Å²) >= 11 is 0. The SMILES string of the molecule is CCCCCCCCCOC(=O)c1cccc(C(=O)OCC)n1. The second kappa shape index (κ2) is 11.6. The minimum absolute atomic E-state index is 0.122. The van der Waals surface area contributed by atoms with Gasteiger partial charge in [-0.15, -0.1) is 0 Å². The van der Waals surface area contributed by atoms with E-state index in [1.54, 1.807) is 13.0 Å². The van der Waals surface area contributed by atoms with E-state index in [2.05, 4.69) is 11.9 Å². The normalized spacial score (nSPS) is 10.3. The van der Waals surface area contributed by atoms with E-state index < -0.39 is 11.9 Å². The molecule has 0 aromatic carbocycles. The number of carbonyl (C=O) groups excluding carboxylic acids is 2. The zero-order valence-corrected chi connectivity index (χ0v) is 14.2. The fraction of sp³-hybridized carbons (Fsp3) is 0.611. The summed E-state index contributed by atoms with van der Waals surface area (Å²) in [4.78, 5) is 27.5. The van der Waals surface area contributed by atoms with Crippen LogP contribution in [0, 0.1) is 0 Å². The first-order chi connectivity index (χ1) is 11.2. The number of nitrogens with zero attached hydrogens (tertiary/aromatic N) is 1. The Bertz CT molecular complexity index is 488. The maximum atomic E-state index is 11.9. The van der Waals surface area contributed by atoms with E-state index in [0.29, 0.717) is 6.61 Å². The van der Waals surface area contributed by atoms with Crippen LogP contribution < -0.4 is 0 Å². The zero-order valence-electron chi connectivity index (χ0n) is 14.2. The lowest BCUT2D eigenvalue weighted by molar-refractivity contribution is 0.0488. The molecule has 5 heteroatoms. The number of aromatic nitrogens is 1. The Hall–Kier alpha value is -1.91. The number of esters is 2. The molecule has 0 spiro atoms. The third kappa shape index (κ3) is 7.77. The van der Waals surface area contributed by atoms with Crippen molar-refractivity contribution in [3.05, 3.63) is 29.6 Å². The fourth-order valence-corrected chi connectivity index (χ4v) is 2.17. The highest BCUT2D eigenvalue weighted by molar-refractivity contribution is 5.91. The molecule has 0 bridgehead atoms. The summed E-state index contributed by atoms with van der Waals surface area (Å²) in [5.41, 5.74) is 0.260. The average Bonchev–Trinajstić information content (AvgIpc) is 2.57. The number of hydrogen-bond acceptors (Lipinski definition) is 5. The standard InChI is InChI=1S/C18H27NO4/c1-3-5-6-7-8-9-10-14-23-18(21)16-13-11-12-15(19-16)17(20)22-4-2/h11-13H,3-10,14H2,1-2H3. The third-order valence-corrected chi connectivity index (χ3v) is 3.42. The van der Waals surface area contributed by atoms with Gasteiger partial charge in [-0.1, -0.05) is 51.5 Å². The highest BCUT2D eigenvalue weighted by atomic mass is 16.5. The van der Waals surface area contributed by atoms with Crippen molar-refractivity contribution in [3.8, 4) is 0 Å². The Balaban J connectivity index is 2.29. The summed E-state index contributed by atoms with van der Waals surface area (Å²) in [7, 11) is 0. The summed E-state index contributed by atoms with van der Waals surface area (Å²) in [6, 6.07) is 4.66. The number of hydrogen-bond donors (Lipinski definition) is 0. The van der Waals surface area contributed by atoms with Gasteiger partial charge in [0.15, 0.2) is 0 Å². The lowest BCUT2D eigenvalue weighted by Gasteiger charge is -2.06. The molecule has 1 aromatic rings. The largest absolute Gasteiger partial charge is 0.461 e. The van der Waals surface area contributed by atoms with Crippen molar-refractivity contribution in [3.63, 3.8) is 0 Å². The van der Waals surface area contributed by atoms with Crippen LogP contribution >= 0.6 is 0 Å². The van der Waals surface area contributed by atoms with Crippen molar-refractivity contribution >= 4 is 11.9 Å². The van der Waals surface area contributed by atoms with Gasteiger partial charge in [-0.25, -0.2) is 14.6 Å². The van der Waals surface area contributed by atoms with Crippen LogP contribution in [-0.2, 0) is 9.47 Å². The monoisotopic (exact) mass is 321 g/mol. The van der Waals surface area contributed by atoms with E-state index in [9.17, 15) is 9.59 Å². The molecule has 23 heavy (non-hydrogen) atoms. The van der Waals surface area contributed by atoms with E-state index in [4.69, 9.17) is 9.47 Å². The number of ether oxygens (including phenoxy) is 2. The van der Waals surface area contributed by atoms with Crippen LogP contribution in [0.15, 0.2) is 18.2 Å². The Kier molecular flexibility index (Phi) is 9.68. The van der Waals surface area contributed by atoms with Gasteiger partial charge in [0, 0.05) is 0 Å². The Morgan fingerprint density at radius 3 is 2.04 bits per heavy atom. The number of pyridine rings is 1. The minimum atomic E-state index is -0.533. The van der Waals surface area contributed by atoms with Gasteiger partial charge in [-0.2, -0.15) is 0 Å². The molecule has 5 nitrogen and oxygen atoms in total. The van der Waals surface area contributed by atoms with E-state index in [-0.39, 0.29) is 18.0 Å². The maximum absolute atomic E-state index is 11.9. The topological polar surface area (TPSA) is 65.5 Å². The highest BCUT2D eigenvalue weighted by Gasteiger charge is 2.13. The van der Waals surface area contributed by atoms with Crippen LogP contribution in [0.25, 0.3) is 0 Å². The second-order valence-corrected chi connectivity index (χ2v) is 5.39. The molecule has 0 amide bonds. The summed E-state index contributed by atoms with van der Waals surface area (Å²) in [5.74, 6) is -1.03. The number of unbranched alkanes of at least 4 members (excludes halogenated alkanes) is 6. The van der Waals surface area contributed by atoms with Crippen molar-refractivity contribution < 1.29 is 19.1 Å². The molecule has 0 fully saturated rings. The Morgan fingerprint density at radius 2 is 1.43 bits per heavy atom. The molecular weight excluding hydrogens is 294 g/mol. The van der Waals surface area contributed by atoms with Crippen LogP contribution in [0.4, 0.5) is 0 Å². The first-order valence-corrected chi connectivity index (χ1v) is 8.50. The Morgan fingerprint density at radius 1 is 0.870 bits per heavy atom. The lowest BCUT2D eigenvalue weighted by atomic mass is 10.1. The van der Waals surface area contributed by atoms with Crippen molar-refractivity contribution in [2.75, 3.05) is 13.2 Å². The van der Waals surface area contributed by atoms with E-state index in [1.807, 2.05) is 0 Å². The van der Waals surface area contributed by atoms with Crippen molar-refractivity contribution in [2.45, 2.75) is 58.8 Å². The summed E-state index contributed by atoms with van der Waals surface area (Å²) in [5, 5.41) is 0. The highest BCUT2D eigenvalue weighted by Crippen LogP contribution is 2.08. The van der Waals surface area contributed by atoms with Crippen LogP contribution in [0.2, 0.25) is 0 Å². The van der Waals surface area contributed by atoms with Crippen LogP contribution in [0.3, 0.4) is 0 Å². The average molecular weight is 321 g/mol. The van der Waals surface area contributed by atoms with Crippen molar-refractivity contribution in [1.29, 1.82) is 0 Å². The van der Waals surface area contributed by atoms with Crippen LogP contribution in [-0.4, -0.2) is 30.1 Å². The smallest absolute Gasteiger partial charge is 0.356 e. The first-order valence-electron chi connectivity index (χ1n) is 8.50. The van der Waals surface area contributed by atoms with Gasteiger partial charge >= 0.3 is 11.9 Å². The molecule has 0 aliphatic rings. The van der Waals surface area contributed by atoms with Gasteiger partial charge in [0.05, 0.1) is 13.2 Å². The number of carbonyl (C=O) groups is 2. The van der Waals surface area contributed by atoms with Gasteiger partial charge in [-0.05, 0) is 25.5 Å². The predicted molar refractivity (Wildman–Crippen MR) is 88.5 cm³/mol. The first kappa shape index (κ1) is 19.1. The van der Waals surface area contributed by atoms with Gasteiger partial charge < -0.3 is 9.47 Å². The zero-order chi connectivity index (χ0) is 16.9. The van der Waals surface area contributed by atoms with Gasteiger partial charge in [0.2, 0.25) is 0 Å². The molecule has 0 radical (unpaired) electrons. The minimum Gasteiger partial charge on any atom is -0.461 e. The molecule has 1 rings (SSSR count). The third-order valence-electron chi connectivity index (χ3n) is 3.42. The van der Waals surface area contributed by atoms with E-state index >= 15 is 0 Å². The van der Waals surface area contributed by atoms with E-state index in [0.717, 1.165) is 12.8 Å². The summed E-state index contributed by atoms with van der Waals surface area (Å²) in [6.07, 6.45) is 8.15. The molecule has 0 saturated carbocycles. The van der Waals surface area contributed by atoms with Crippen molar-refractivity contribution in [2.24, 2.45) is 0 Å². The molecule has 0 N–H and O–H groups in total. The molecule has 0 atom stereocenters. The van der Waals surface area contributed by atoms with Gasteiger partial charge in [-0.3, -0.25) is 0 Å².